The fourth-order valence-electron chi connectivity index (χ4n) is 3.92. The van der Waals surface area contributed by atoms with Crippen molar-refractivity contribution in [3.8, 4) is 0 Å². The van der Waals surface area contributed by atoms with E-state index >= 15 is 0 Å². The molecule has 16 nitrogen and oxygen atoms in total. The van der Waals surface area contributed by atoms with Crippen LogP contribution in [-0.4, -0.2) is 163 Å². The molecule has 0 saturated carbocycles. The lowest BCUT2D eigenvalue weighted by Gasteiger charge is -2.47. The Kier molecular flexibility index (Phi) is 12.3. The van der Waals surface area contributed by atoms with E-state index in [1.54, 1.807) is 0 Å². The molecule has 0 aromatic carbocycles. The van der Waals surface area contributed by atoms with Crippen LogP contribution in [0, 0.1) is 0 Å². The van der Waals surface area contributed by atoms with Crippen molar-refractivity contribution < 1.29 is 74.8 Å². The second-order valence-corrected chi connectivity index (χ2v) is 8.78. The van der Waals surface area contributed by atoms with E-state index in [9.17, 15) is 50.8 Å². The van der Waals surface area contributed by atoms with Crippen LogP contribution in [0.25, 0.3) is 0 Å². The Bertz CT molecular complexity index is 671. The quantitative estimate of drug-likeness (QED) is 0.112. The first kappa shape index (κ1) is 31.1. The van der Waals surface area contributed by atoms with Crippen LogP contribution in [0.5, 0.6) is 0 Å². The van der Waals surface area contributed by atoms with E-state index in [0.29, 0.717) is 0 Å². The number of aliphatic hydroxyl groups excluding tert-OH is 10. The smallest absolute Gasteiger partial charge is 0.217 e. The summed E-state index contributed by atoms with van der Waals surface area (Å²) in [5.74, 6) is -0.628. The molecule has 1 amide bonds. The summed E-state index contributed by atoms with van der Waals surface area (Å²) in [6, 6.07) is -1.35. The number of nitrogens with one attached hydrogen (secondary N) is 1. The number of ether oxygens (including phenoxy) is 4. The Labute approximate surface area is 206 Å². The molecule has 36 heavy (non-hydrogen) atoms. The number of hydrogen-bond acceptors (Lipinski definition) is 15. The number of carbonyl (C=O) groups is 1. The fourth-order valence-corrected chi connectivity index (χ4v) is 3.92. The zero-order valence-electron chi connectivity index (χ0n) is 19.6. The van der Waals surface area contributed by atoms with Crippen LogP contribution in [0.2, 0.25) is 0 Å². The van der Waals surface area contributed by atoms with E-state index in [4.69, 9.17) is 24.1 Å². The van der Waals surface area contributed by atoms with Gasteiger partial charge >= 0.3 is 0 Å². The van der Waals surface area contributed by atoms with Gasteiger partial charge < -0.3 is 75.3 Å². The van der Waals surface area contributed by atoms with Crippen molar-refractivity contribution in [3.05, 3.63) is 0 Å². The normalized spacial score (nSPS) is 39.9. The summed E-state index contributed by atoms with van der Waals surface area (Å²) in [4.78, 5) is 11.7. The lowest BCUT2D eigenvalue weighted by atomic mass is 9.95. The molecule has 0 bridgehead atoms. The second kappa shape index (κ2) is 14.2. The minimum atomic E-state index is -1.81. The molecule has 2 rings (SSSR count). The van der Waals surface area contributed by atoms with Gasteiger partial charge in [-0.1, -0.05) is 0 Å². The van der Waals surface area contributed by atoms with E-state index in [1.807, 2.05) is 0 Å². The summed E-state index contributed by atoms with van der Waals surface area (Å²) in [5, 5.41) is 101. The number of carbonyl (C=O) groups excluding carboxylic acids is 1. The van der Waals surface area contributed by atoms with E-state index in [2.05, 4.69) is 5.32 Å². The van der Waals surface area contributed by atoms with Crippen molar-refractivity contribution in [2.75, 3.05) is 26.4 Å². The van der Waals surface area contributed by atoms with Crippen molar-refractivity contribution in [3.63, 3.8) is 0 Å². The molecule has 0 aliphatic carbocycles. The third-order valence-corrected chi connectivity index (χ3v) is 5.96. The summed E-state index contributed by atoms with van der Waals surface area (Å²) in [5.41, 5.74) is 0. The third kappa shape index (κ3) is 7.71. The minimum absolute atomic E-state index is 0.363. The van der Waals surface area contributed by atoms with Crippen LogP contribution in [0.3, 0.4) is 0 Å². The average Bonchev–Trinajstić information content (AvgIpc) is 2.85. The number of rotatable bonds is 12. The van der Waals surface area contributed by atoms with Gasteiger partial charge in [-0.15, -0.1) is 0 Å². The molecule has 0 spiro atoms. The van der Waals surface area contributed by atoms with E-state index in [1.165, 1.54) is 0 Å². The van der Waals surface area contributed by atoms with Gasteiger partial charge in [0, 0.05) is 13.3 Å². The van der Waals surface area contributed by atoms with Gasteiger partial charge in [0.15, 0.2) is 12.6 Å². The highest BCUT2D eigenvalue weighted by Crippen LogP contribution is 2.29. The Hall–Kier alpha value is -1.09. The van der Waals surface area contributed by atoms with Gasteiger partial charge in [-0.3, -0.25) is 4.79 Å². The Morgan fingerprint density at radius 2 is 1.47 bits per heavy atom. The van der Waals surface area contributed by atoms with E-state index in [-0.39, 0.29) is 6.42 Å². The van der Waals surface area contributed by atoms with Crippen LogP contribution in [0.4, 0.5) is 0 Å². The van der Waals surface area contributed by atoms with Gasteiger partial charge in [0.1, 0.15) is 54.9 Å². The zero-order valence-corrected chi connectivity index (χ0v) is 19.6. The molecule has 2 heterocycles. The van der Waals surface area contributed by atoms with Gasteiger partial charge in [-0.25, -0.2) is 0 Å². The largest absolute Gasteiger partial charge is 0.394 e. The Morgan fingerprint density at radius 1 is 0.861 bits per heavy atom. The van der Waals surface area contributed by atoms with Gasteiger partial charge in [0.05, 0.1) is 38.6 Å². The third-order valence-electron chi connectivity index (χ3n) is 5.96. The van der Waals surface area contributed by atoms with Crippen molar-refractivity contribution in [1.29, 1.82) is 0 Å². The van der Waals surface area contributed by atoms with E-state index < -0.39 is 112 Å². The molecule has 0 aromatic heterocycles. The summed E-state index contributed by atoms with van der Waals surface area (Å²) in [7, 11) is 0. The average molecular weight is 532 g/mol. The molecule has 16 heteroatoms. The number of aliphatic hydroxyl groups is 10. The van der Waals surface area contributed by atoms with Gasteiger partial charge in [0.25, 0.3) is 0 Å². The van der Waals surface area contributed by atoms with Crippen molar-refractivity contribution in [2.45, 2.75) is 93.0 Å². The molecule has 3 unspecified atom stereocenters. The van der Waals surface area contributed by atoms with Gasteiger partial charge in [-0.2, -0.15) is 0 Å². The van der Waals surface area contributed by atoms with E-state index in [0.717, 1.165) is 6.92 Å². The monoisotopic (exact) mass is 531 g/mol. The lowest BCUT2D eigenvalue weighted by molar-refractivity contribution is -0.349. The van der Waals surface area contributed by atoms with Crippen molar-refractivity contribution in [1.82, 2.24) is 5.32 Å². The van der Waals surface area contributed by atoms with Crippen molar-refractivity contribution in [2.24, 2.45) is 0 Å². The standard InChI is InChI=1S/C20H37NO15/c1-7(25)21-13-15(30)18(36-20-17(32)16(31)14(29)11(4-23)34-20)12(5-24)35-19(13)33-6-10(28)9(27)2-8(26)3-22/h8-20,22-24,26-32H,2-6H2,1H3,(H,21,25)/t8?,9?,10?,11-,12-,13-,14+,15-,16+,17-,18-,19-,20+/m1/s1. The fraction of sp³-hybridized carbons (Fsp3) is 0.950. The van der Waals surface area contributed by atoms with Crippen LogP contribution in [-0.2, 0) is 23.7 Å². The lowest BCUT2D eigenvalue weighted by Crippen LogP contribution is -2.67. The Morgan fingerprint density at radius 3 is 2.03 bits per heavy atom. The topological polar surface area (TPSA) is 268 Å². The predicted molar refractivity (Wildman–Crippen MR) is 114 cm³/mol. The highest BCUT2D eigenvalue weighted by atomic mass is 16.7. The van der Waals surface area contributed by atoms with Crippen LogP contribution in [0.1, 0.15) is 13.3 Å². The molecular weight excluding hydrogens is 494 g/mol. The number of amides is 1. The summed E-state index contributed by atoms with van der Waals surface area (Å²) >= 11 is 0. The molecule has 11 N–H and O–H groups in total. The molecular formula is C20H37NO15. The maximum Gasteiger partial charge on any atom is 0.217 e. The zero-order chi connectivity index (χ0) is 27.2. The maximum atomic E-state index is 11.7. The van der Waals surface area contributed by atoms with Crippen LogP contribution in [0.15, 0.2) is 0 Å². The SMILES string of the molecule is CC(=O)N[C@H]1[C@H](OCC(O)C(O)CC(O)CO)O[C@H](CO)[C@@H](O[C@@H]2O[C@H](CO)[C@H](O)[C@H](O)[C@H]2O)[C@@H]1O. The molecule has 2 saturated heterocycles. The minimum Gasteiger partial charge on any atom is -0.394 e. The predicted octanol–water partition coefficient (Wildman–Crippen LogP) is -6.76. The maximum absolute atomic E-state index is 11.7. The van der Waals surface area contributed by atoms with Crippen LogP contribution >= 0.6 is 0 Å². The molecule has 0 aromatic rings. The summed E-state index contributed by atoms with van der Waals surface area (Å²) in [6.45, 7) is -1.60. The van der Waals surface area contributed by atoms with Crippen LogP contribution < -0.4 is 5.32 Å². The van der Waals surface area contributed by atoms with Gasteiger partial charge in [-0.05, 0) is 0 Å². The summed E-state index contributed by atoms with van der Waals surface area (Å²) < 4.78 is 21.8. The first-order valence-electron chi connectivity index (χ1n) is 11.4. The molecule has 13 atom stereocenters. The molecule has 2 fully saturated rings. The molecule has 0 radical (unpaired) electrons. The highest BCUT2D eigenvalue weighted by molar-refractivity contribution is 5.73. The summed E-state index contributed by atoms with van der Waals surface area (Å²) in [6.07, 6.45) is -18.9. The first-order valence-corrected chi connectivity index (χ1v) is 11.4. The molecule has 2 aliphatic heterocycles. The first-order chi connectivity index (χ1) is 16.9. The molecule has 212 valence electrons. The number of hydrogen-bond donors (Lipinski definition) is 11. The highest BCUT2D eigenvalue weighted by Gasteiger charge is 2.51. The van der Waals surface area contributed by atoms with Gasteiger partial charge in [0.2, 0.25) is 5.91 Å². The Balaban J connectivity index is 2.14. The van der Waals surface area contributed by atoms with Crippen molar-refractivity contribution >= 4 is 5.91 Å². The second-order valence-electron chi connectivity index (χ2n) is 8.78. The molecule has 2 aliphatic rings.